The molecule has 4 atom stereocenters. The molecule has 0 aromatic carbocycles. The third-order valence-electron chi connectivity index (χ3n) is 3.94. The van der Waals surface area contributed by atoms with Crippen LogP contribution in [0.25, 0.3) is 0 Å². The molecule has 1 aliphatic heterocycles. The second-order valence-corrected chi connectivity index (χ2v) is 6.89. The fourth-order valence-corrected chi connectivity index (χ4v) is 3.31. The van der Waals surface area contributed by atoms with Gasteiger partial charge in [0, 0.05) is 24.6 Å². The minimum Gasteiger partial charge on any atom is -0.463 e. The van der Waals surface area contributed by atoms with Crippen LogP contribution in [0.4, 0.5) is 0 Å². The highest BCUT2D eigenvalue weighted by Gasteiger charge is 2.47. The van der Waals surface area contributed by atoms with Gasteiger partial charge < -0.3 is 14.2 Å². The second kappa shape index (κ2) is 8.63. The van der Waals surface area contributed by atoms with Crippen molar-refractivity contribution in [2.45, 2.75) is 56.9 Å². The van der Waals surface area contributed by atoms with Crippen LogP contribution in [-0.2, 0) is 23.8 Å². The molecule has 1 fully saturated rings. The minimum absolute atomic E-state index is 0.121. The summed E-state index contributed by atoms with van der Waals surface area (Å²) in [7, 11) is 0. The number of nitrogens with one attached hydrogen (secondary N) is 1. The maximum atomic E-state index is 12.1. The van der Waals surface area contributed by atoms with E-state index in [0.717, 1.165) is 0 Å². The monoisotopic (exact) mass is 432 g/mol. The molecule has 0 aliphatic carbocycles. The molecule has 2 heterocycles. The third kappa shape index (κ3) is 4.42. The van der Waals surface area contributed by atoms with Crippen molar-refractivity contribution in [2.24, 2.45) is 0 Å². The van der Waals surface area contributed by atoms with Crippen molar-refractivity contribution in [3.05, 3.63) is 32.6 Å². The van der Waals surface area contributed by atoms with Crippen molar-refractivity contribution in [1.29, 1.82) is 0 Å². The smallest absolute Gasteiger partial charge is 0.330 e. The number of aromatic nitrogens is 2. The van der Waals surface area contributed by atoms with E-state index in [2.05, 4.69) is 20.9 Å². The fourth-order valence-electron chi connectivity index (χ4n) is 2.48. The summed E-state index contributed by atoms with van der Waals surface area (Å²) >= 11 is 3.41. The Bertz CT molecular complexity index is 788. The van der Waals surface area contributed by atoms with Crippen molar-refractivity contribution in [3.8, 4) is 0 Å². The van der Waals surface area contributed by atoms with Gasteiger partial charge in [0.25, 0.3) is 5.56 Å². The number of carbonyl (C=O) groups is 2. The molecular weight excluding hydrogens is 412 g/mol. The van der Waals surface area contributed by atoms with Crippen LogP contribution in [0.2, 0.25) is 0 Å². The number of hydrogen-bond donors (Lipinski definition) is 1. The van der Waals surface area contributed by atoms with Crippen LogP contribution >= 0.6 is 15.9 Å². The number of hydrogen-bond acceptors (Lipinski definition) is 7. The Morgan fingerprint density at radius 3 is 2.54 bits per heavy atom. The summed E-state index contributed by atoms with van der Waals surface area (Å²) in [5.41, 5.74) is -0.810. The van der Waals surface area contributed by atoms with Gasteiger partial charge in [-0.2, -0.15) is 0 Å². The van der Waals surface area contributed by atoms with E-state index in [1.165, 1.54) is 10.8 Å². The SMILES string of the molecule is CCC(=O)OC[C@@H]1O[C@H](n2cc(C)c(=O)[nH]c2=O)[C@@H](Br)[C@H]1OC(=O)CC. The van der Waals surface area contributed by atoms with E-state index in [9.17, 15) is 19.2 Å². The largest absolute Gasteiger partial charge is 0.463 e. The number of aryl methyl sites for hydroxylation is 1. The van der Waals surface area contributed by atoms with Gasteiger partial charge in [-0.3, -0.25) is 23.9 Å². The summed E-state index contributed by atoms with van der Waals surface area (Å²) < 4.78 is 17.6. The van der Waals surface area contributed by atoms with Crippen LogP contribution in [0.5, 0.6) is 0 Å². The van der Waals surface area contributed by atoms with Crippen molar-refractivity contribution < 1.29 is 23.8 Å². The molecule has 9 nitrogen and oxygen atoms in total. The average molecular weight is 433 g/mol. The summed E-state index contributed by atoms with van der Waals surface area (Å²) in [5, 5.41) is 0. The first kappa shape index (κ1) is 20.4. The van der Waals surface area contributed by atoms with Crippen molar-refractivity contribution >= 4 is 27.9 Å². The van der Waals surface area contributed by atoms with E-state index < -0.39 is 46.5 Å². The highest BCUT2D eigenvalue weighted by Crippen LogP contribution is 2.36. The van der Waals surface area contributed by atoms with Crippen LogP contribution in [0, 0.1) is 6.92 Å². The Labute approximate surface area is 157 Å². The molecule has 0 bridgehead atoms. The molecule has 144 valence electrons. The molecule has 1 N–H and O–H groups in total. The summed E-state index contributed by atoms with van der Waals surface area (Å²) in [6.45, 7) is 4.75. The number of rotatable bonds is 6. The van der Waals surface area contributed by atoms with Gasteiger partial charge in [-0.05, 0) is 6.92 Å². The van der Waals surface area contributed by atoms with Crippen molar-refractivity contribution in [2.75, 3.05) is 6.61 Å². The number of aromatic amines is 1. The maximum Gasteiger partial charge on any atom is 0.330 e. The van der Waals surface area contributed by atoms with Gasteiger partial charge >= 0.3 is 17.6 Å². The lowest BCUT2D eigenvalue weighted by atomic mass is 10.2. The molecule has 2 rings (SSSR count). The van der Waals surface area contributed by atoms with Gasteiger partial charge in [-0.25, -0.2) is 4.79 Å². The molecule has 0 spiro atoms. The third-order valence-corrected chi connectivity index (χ3v) is 4.91. The molecule has 1 saturated heterocycles. The summed E-state index contributed by atoms with van der Waals surface area (Å²) in [6.07, 6.45) is -0.630. The molecule has 0 radical (unpaired) electrons. The molecule has 0 amide bonds. The zero-order chi connectivity index (χ0) is 19.4. The maximum absolute atomic E-state index is 12.1. The first-order valence-electron chi connectivity index (χ1n) is 8.25. The number of nitrogens with zero attached hydrogens (tertiary/aromatic N) is 1. The normalized spacial score (nSPS) is 25.1. The van der Waals surface area contributed by atoms with E-state index in [1.807, 2.05) is 0 Å². The molecule has 26 heavy (non-hydrogen) atoms. The van der Waals surface area contributed by atoms with Crippen LogP contribution in [0.1, 0.15) is 38.5 Å². The van der Waals surface area contributed by atoms with Gasteiger partial charge in [0.15, 0.2) is 6.23 Å². The average Bonchev–Trinajstić information content (AvgIpc) is 2.91. The fraction of sp³-hybridized carbons (Fsp3) is 0.625. The molecule has 1 aromatic heterocycles. The molecule has 0 unspecified atom stereocenters. The van der Waals surface area contributed by atoms with Crippen molar-refractivity contribution in [1.82, 2.24) is 9.55 Å². The second-order valence-electron chi connectivity index (χ2n) is 5.83. The minimum atomic E-state index is -0.849. The van der Waals surface area contributed by atoms with E-state index in [0.29, 0.717) is 5.56 Å². The number of carbonyl (C=O) groups excluding carboxylic acids is 2. The highest BCUT2D eigenvalue weighted by molar-refractivity contribution is 9.09. The molecule has 1 aromatic rings. The first-order chi connectivity index (χ1) is 12.3. The lowest BCUT2D eigenvalue weighted by Crippen LogP contribution is -2.38. The Hall–Kier alpha value is -1.94. The number of ether oxygens (including phenoxy) is 3. The van der Waals surface area contributed by atoms with Gasteiger partial charge in [-0.1, -0.05) is 29.8 Å². The van der Waals surface area contributed by atoms with Gasteiger partial charge in [0.05, 0.1) is 4.83 Å². The number of esters is 2. The van der Waals surface area contributed by atoms with Crippen molar-refractivity contribution in [3.63, 3.8) is 0 Å². The molecular formula is C16H21BrN2O7. The van der Waals surface area contributed by atoms with E-state index in [-0.39, 0.29) is 19.4 Å². The zero-order valence-corrected chi connectivity index (χ0v) is 16.3. The predicted molar refractivity (Wildman–Crippen MR) is 94.1 cm³/mol. The van der Waals surface area contributed by atoms with Crippen LogP contribution in [0.3, 0.4) is 0 Å². The van der Waals surface area contributed by atoms with Crippen LogP contribution in [-0.4, -0.2) is 45.1 Å². The predicted octanol–water partition coefficient (Wildman–Crippen LogP) is 0.781. The highest BCUT2D eigenvalue weighted by atomic mass is 79.9. The van der Waals surface area contributed by atoms with Gasteiger partial charge in [0.1, 0.15) is 18.8 Å². The Kier molecular flexibility index (Phi) is 6.76. The Morgan fingerprint density at radius 1 is 1.27 bits per heavy atom. The number of halogens is 1. The zero-order valence-electron chi connectivity index (χ0n) is 14.7. The van der Waals surface area contributed by atoms with Gasteiger partial charge in [0.2, 0.25) is 0 Å². The summed E-state index contributed by atoms with van der Waals surface area (Å²) in [5.74, 6) is -0.860. The molecule has 1 aliphatic rings. The first-order valence-corrected chi connectivity index (χ1v) is 9.16. The van der Waals surface area contributed by atoms with Gasteiger partial charge in [-0.15, -0.1) is 0 Å². The standard InChI is InChI=1S/C16H21BrN2O7/c1-4-10(20)24-7-9-13(26-11(21)5-2)12(17)15(25-9)19-6-8(3)14(22)18-16(19)23/h6,9,12-13,15H,4-5,7H2,1-3H3,(H,18,22,23)/t9-,12-,13-,15-/m0/s1. The van der Waals surface area contributed by atoms with Crippen LogP contribution < -0.4 is 11.2 Å². The Balaban J connectivity index is 2.30. The summed E-state index contributed by atoms with van der Waals surface area (Å²) in [4.78, 5) is 48.5. The van der Waals surface area contributed by atoms with E-state index >= 15 is 0 Å². The van der Waals surface area contributed by atoms with E-state index in [1.54, 1.807) is 20.8 Å². The quantitative estimate of drug-likeness (QED) is 0.521. The molecule has 10 heteroatoms. The Morgan fingerprint density at radius 2 is 1.92 bits per heavy atom. The summed E-state index contributed by atoms with van der Waals surface area (Å²) in [6, 6.07) is 0. The lowest BCUT2D eigenvalue weighted by molar-refractivity contribution is -0.157. The number of H-pyrrole nitrogens is 1. The van der Waals surface area contributed by atoms with Crippen LogP contribution in [0.15, 0.2) is 15.8 Å². The van der Waals surface area contributed by atoms with E-state index in [4.69, 9.17) is 14.2 Å². The topological polar surface area (TPSA) is 117 Å². The molecule has 0 saturated carbocycles. The lowest BCUT2D eigenvalue weighted by Gasteiger charge is -2.20. The number of alkyl halides is 1.